The van der Waals surface area contributed by atoms with Crippen LogP contribution in [0.2, 0.25) is 0 Å². The van der Waals surface area contributed by atoms with E-state index < -0.39 is 10.0 Å². The third-order valence-electron chi connectivity index (χ3n) is 5.38. The van der Waals surface area contributed by atoms with E-state index in [1.165, 1.54) is 21.6 Å². The molecule has 1 aromatic heterocycles. The second kappa shape index (κ2) is 11.6. The normalized spacial score (nSPS) is 11.8. The number of ketones is 1. The van der Waals surface area contributed by atoms with Crippen LogP contribution in [0.5, 0.6) is 0 Å². The van der Waals surface area contributed by atoms with Crippen molar-refractivity contribution >= 4 is 27.6 Å². The summed E-state index contributed by atoms with van der Waals surface area (Å²) in [5, 5.41) is 9.37. The Morgan fingerprint density at radius 1 is 1.00 bits per heavy atom. The molecule has 0 spiro atoms. The van der Waals surface area contributed by atoms with E-state index in [-0.39, 0.29) is 10.7 Å². The van der Waals surface area contributed by atoms with E-state index in [1.54, 1.807) is 18.2 Å². The summed E-state index contributed by atoms with van der Waals surface area (Å²) >= 11 is 1.37. The number of rotatable bonds is 12. The van der Waals surface area contributed by atoms with Crippen molar-refractivity contribution in [1.82, 2.24) is 19.1 Å². The second-order valence-corrected chi connectivity index (χ2v) is 10.4. The highest BCUT2D eigenvalue weighted by atomic mass is 32.2. The smallest absolute Gasteiger partial charge is 0.243 e. The summed E-state index contributed by atoms with van der Waals surface area (Å²) in [5.41, 5.74) is 1.85. The van der Waals surface area contributed by atoms with Gasteiger partial charge in [-0.2, -0.15) is 4.31 Å². The van der Waals surface area contributed by atoms with Crippen LogP contribution in [0, 0.1) is 0 Å². The summed E-state index contributed by atoms with van der Waals surface area (Å²) < 4.78 is 29.5. The van der Waals surface area contributed by atoms with Crippen LogP contribution in [0.1, 0.15) is 32.8 Å². The van der Waals surface area contributed by atoms with Gasteiger partial charge in [0.2, 0.25) is 10.0 Å². The molecule has 0 N–H and O–H groups in total. The average Bonchev–Trinajstić information content (AvgIpc) is 3.25. The Bertz CT molecular complexity index is 1170. The van der Waals surface area contributed by atoms with E-state index in [0.29, 0.717) is 48.4 Å². The summed E-state index contributed by atoms with van der Waals surface area (Å²) in [6, 6.07) is 16.9. The highest BCUT2D eigenvalue weighted by Crippen LogP contribution is 2.27. The molecule has 0 saturated heterocycles. The lowest BCUT2D eigenvalue weighted by Crippen LogP contribution is -2.30. The maximum Gasteiger partial charge on any atom is 0.243 e. The van der Waals surface area contributed by atoms with Gasteiger partial charge in [-0.3, -0.25) is 4.79 Å². The van der Waals surface area contributed by atoms with Crippen molar-refractivity contribution < 1.29 is 13.2 Å². The van der Waals surface area contributed by atoms with Gasteiger partial charge in [0.15, 0.2) is 11.0 Å². The molecule has 1 heterocycles. The number of hydrogen-bond acceptors (Lipinski definition) is 6. The van der Waals surface area contributed by atoms with Crippen LogP contribution < -0.4 is 0 Å². The average molecular weight is 487 g/mol. The monoisotopic (exact) mass is 486 g/mol. The Hall–Kier alpha value is -2.49. The zero-order chi connectivity index (χ0) is 23.8. The zero-order valence-corrected chi connectivity index (χ0v) is 20.9. The van der Waals surface area contributed by atoms with Crippen LogP contribution in [0.3, 0.4) is 0 Å². The molecule has 0 bridgehead atoms. The molecule has 0 radical (unpaired) electrons. The number of Topliss-reactive ketones (excluding diaryl/α,β-unsaturated/α-hetero) is 1. The lowest BCUT2D eigenvalue weighted by molar-refractivity contribution is -0.116. The molecule has 0 fully saturated rings. The van der Waals surface area contributed by atoms with Gasteiger partial charge in [0.25, 0.3) is 0 Å². The minimum Gasteiger partial charge on any atom is -0.302 e. The van der Waals surface area contributed by atoms with E-state index in [4.69, 9.17) is 0 Å². The SMILES string of the molecule is CCC(=O)CSc1nnc(-c2cccc(S(=O)(=O)N(CC)CC)c2)n1CCc1ccccc1. The number of carbonyl (C=O) groups excluding carboxylic acids is 1. The van der Waals surface area contributed by atoms with Crippen LogP contribution in [-0.2, 0) is 27.8 Å². The highest BCUT2D eigenvalue weighted by Gasteiger charge is 2.23. The predicted molar refractivity (Wildman–Crippen MR) is 132 cm³/mol. The third kappa shape index (κ3) is 6.10. The van der Waals surface area contributed by atoms with Gasteiger partial charge in [-0.25, -0.2) is 8.42 Å². The molecule has 0 aliphatic carbocycles. The van der Waals surface area contributed by atoms with E-state index in [9.17, 15) is 13.2 Å². The predicted octanol–water partition coefficient (Wildman–Crippen LogP) is 4.29. The molecule has 2 aromatic carbocycles. The molecule has 0 aliphatic heterocycles. The first-order chi connectivity index (χ1) is 15.9. The number of thioether (sulfide) groups is 1. The lowest BCUT2D eigenvalue weighted by atomic mass is 10.1. The van der Waals surface area contributed by atoms with Crippen LogP contribution in [0.15, 0.2) is 64.6 Å². The molecule has 9 heteroatoms. The number of nitrogens with zero attached hydrogens (tertiary/aromatic N) is 4. The fourth-order valence-electron chi connectivity index (χ4n) is 3.45. The first-order valence-corrected chi connectivity index (χ1v) is 13.5. The molecular formula is C24H30N4O3S2. The van der Waals surface area contributed by atoms with Gasteiger partial charge >= 0.3 is 0 Å². The van der Waals surface area contributed by atoms with E-state index in [0.717, 1.165) is 6.42 Å². The largest absolute Gasteiger partial charge is 0.302 e. The number of aryl methyl sites for hydroxylation is 1. The van der Waals surface area contributed by atoms with E-state index >= 15 is 0 Å². The lowest BCUT2D eigenvalue weighted by Gasteiger charge is -2.19. The van der Waals surface area contributed by atoms with Gasteiger partial charge in [-0.15, -0.1) is 10.2 Å². The number of benzene rings is 2. The first-order valence-electron chi connectivity index (χ1n) is 11.1. The summed E-state index contributed by atoms with van der Waals surface area (Å²) in [7, 11) is -3.59. The minimum atomic E-state index is -3.59. The van der Waals surface area contributed by atoms with Crippen LogP contribution in [-0.4, -0.2) is 52.1 Å². The van der Waals surface area contributed by atoms with Crippen LogP contribution >= 0.6 is 11.8 Å². The fraction of sp³-hybridized carbons (Fsp3) is 0.375. The van der Waals surface area contributed by atoms with Gasteiger partial charge in [0.05, 0.1) is 10.6 Å². The van der Waals surface area contributed by atoms with Gasteiger partial charge in [-0.1, -0.05) is 75.0 Å². The Kier molecular flexibility index (Phi) is 8.82. The summed E-state index contributed by atoms with van der Waals surface area (Å²) in [6.07, 6.45) is 1.24. The molecule has 3 rings (SSSR count). The standard InChI is InChI=1S/C24H30N4O3S2/c1-4-21(29)18-32-24-26-25-23(28(24)16-15-19-11-8-7-9-12-19)20-13-10-14-22(17-20)33(30,31)27(5-2)6-3/h7-14,17H,4-6,15-16,18H2,1-3H3. The molecule has 33 heavy (non-hydrogen) atoms. The van der Waals surface area contributed by atoms with Crippen molar-refractivity contribution in [3.63, 3.8) is 0 Å². The van der Waals surface area contributed by atoms with Crippen LogP contribution in [0.4, 0.5) is 0 Å². The molecule has 0 atom stereocenters. The summed E-state index contributed by atoms with van der Waals surface area (Å²) in [4.78, 5) is 12.1. The molecular weight excluding hydrogens is 456 g/mol. The van der Waals surface area contributed by atoms with Gasteiger partial charge in [0.1, 0.15) is 5.78 Å². The maximum absolute atomic E-state index is 13.0. The second-order valence-electron chi connectivity index (χ2n) is 7.49. The van der Waals surface area contributed by atoms with E-state index in [1.807, 2.05) is 49.6 Å². The number of carbonyl (C=O) groups is 1. The van der Waals surface area contributed by atoms with Gasteiger partial charge in [0, 0.05) is 31.6 Å². The van der Waals surface area contributed by atoms with Gasteiger partial charge in [-0.05, 0) is 24.1 Å². The maximum atomic E-state index is 13.0. The Morgan fingerprint density at radius 2 is 1.73 bits per heavy atom. The Balaban J connectivity index is 1.98. The van der Waals surface area contributed by atoms with Crippen molar-refractivity contribution in [3.8, 4) is 11.4 Å². The quantitative estimate of drug-likeness (QED) is 0.355. The topological polar surface area (TPSA) is 85.2 Å². The molecule has 176 valence electrons. The molecule has 0 aliphatic rings. The Morgan fingerprint density at radius 3 is 2.39 bits per heavy atom. The molecule has 0 amide bonds. The highest BCUT2D eigenvalue weighted by molar-refractivity contribution is 7.99. The van der Waals surface area contributed by atoms with Crippen molar-refractivity contribution in [3.05, 3.63) is 60.2 Å². The van der Waals surface area contributed by atoms with Crippen molar-refractivity contribution in [2.24, 2.45) is 0 Å². The summed E-state index contributed by atoms with van der Waals surface area (Å²) in [5.74, 6) is 1.07. The molecule has 0 saturated carbocycles. The molecule has 0 unspecified atom stereocenters. The third-order valence-corrected chi connectivity index (χ3v) is 8.45. The Labute approximate surface area is 200 Å². The number of aromatic nitrogens is 3. The number of sulfonamides is 1. The van der Waals surface area contributed by atoms with Crippen molar-refractivity contribution in [1.29, 1.82) is 0 Å². The van der Waals surface area contributed by atoms with Crippen molar-refractivity contribution in [2.45, 2.75) is 50.2 Å². The zero-order valence-electron chi connectivity index (χ0n) is 19.3. The van der Waals surface area contributed by atoms with E-state index in [2.05, 4.69) is 22.3 Å². The summed E-state index contributed by atoms with van der Waals surface area (Å²) in [6.45, 7) is 6.92. The minimum absolute atomic E-state index is 0.145. The van der Waals surface area contributed by atoms with Crippen molar-refractivity contribution in [2.75, 3.05) is 18.8 Å². The number of hydrogen-bond donors (Lipinski definition) is 0. The first kappa shape index (κ1) is 25.1. The van der Waals surface area contributed by atoms with Crippen LogP contribution in [0.25, 0.3) is 11.4 Å². The molecule has 3 aromatic rings. The van der Waals surface area contributed by atoms with Gasteiger partial charge < -0.3 is 4.57 Å². The fourth-order valence-corrected chi connectivity index (χ4v) is 5.88. The molecule has 7 nitrogen and oxygen atoms in total.